The molecule has 0 aliphatic carbocycles. The van der Waals surface area contributed by atoms with Gasteiger partial charge in [-0.15, -0.1) is 0 Å². The zero-order valence-electron chi connectivity index (χ0n) is 27.5. The van der Waals surface area contributed by atoms with Crippen LogP contribution in [0.3, 0.4) is 0 Å². The van der Waals surface area contributed by atoms with E-state index < -0.39 is 0 Å². The van der Waals surface area contributed by atoms with E-state index in [2.05, 4.69) is 49.0 Å². The average molecular weight is 578 g/mol. The largest absolute Gasteiger partial charge is 1.00 e. The highest BCUT2D eigenvalue weighted by Crippen LogP contribution is 2.20. The van der Waals surface area contributed by atoms with E-state index in [-0.39, 0.29) is 12.4 Å². The summed E-state index contributed by atoms with van der Waals surface area (Å²) >= 11 is 0. The number of halogens is 1. The molecule has 1 nitrogen and oxygen atoms in total. The molecule has 0 aromatic carbocycles. The molecule has 40 heavy (non-hydrogen) atoms. The number of hydrogen-bond acceptors (Lipinski definition) is 0. The molecule has 0 unspecified atom stereocenters. The van der Waals surface area contributed by atoms with E-state index in [1.165, 1.54) is 193 Å². The van der Waals surface area contributed by atoms with Crippen LogP contribution in [-0.2, 0) is 0 Å². The third-order valence-electron chi connectivity index (χ3n) is 8.94. The van der Waals surface area contributed by atoms with Crippen molar-refractivity contribution in [3.63, 3.8) is 0 Å². The van der Waals surface area contributed by atoms with Gasteiger partial charge in [-0.3, -0.25) is 0 Å². The van der Waals surface area contributed by atoms with Crippen molar-refractivity contribution in [3.8, 4) is 0 Å². The molecule has 0 atom stereocenters. The third kappa shape index (κ3) is 26.3. The van der Waals surface area contributed by atoms with Crippen LogP contribution in [0.25, 0.3) is 0 Å². The maximum absolute atomic E-state index is 2.50. The Morgan fingerprint density at radius 2 is 0.600 bits per heavy atom. The van der Waals surface area contributed by atoms with Crippen molar-refractivity contribution in [3.05, 3.63) is 30.6 Å². The molecule has 0 fully saturated rings. The highest BCUT2D eigenvalue weighted by atomic mass is 35.5. The Bertz CT molecular complexity index is 542. The summed E-state index contributed by atoms with van der Waals surface area (Å²) in [5, 5.41) is 0. The predicted molar refractivity (Wildman–Crippen MR) is 176 cm³/mol. The lowest BCUT2D eigenvalue weighted by Gasteiger charge is -2.13. The molecule has 2 heteroatoms. The Kier molecular flexibility index (Phi) is 32.5. The molecule has 1 rings (SSSR count). The summed E-state index contributed by atoms with van der Waals surface area (Å²) in [6, 6.07) is 7.29. The van der Waals surface area contributed by atoms with Crippen LogP contribution in [-0.4, -0.2) is 0 Å². The first-order valence-corrected chi connectivity index (χ1v) is 18.3. The third-order valence-corrected chi connectivity index (χ3v) is 8.94. The molecular formula is C38H72ClN. The van der Waals surface area contributed by atoms with Gasteiger partial charge in [0.2, 0.25) is 0 Å². The minimum Gasteiger partial charge on any atom is -1.00 e. The van der Waals surface area contributed by atoms with Gasteiger partial charge in [0.05, 0.1) is 0 Å². The molecule has 0 spiro atoms. The van der Waals surface area contributed by atoms with Crippen LogP contribution in [0.2, 0.25) is 0 Å². The fourth-order valence-corrected chi connectivity index (χ4v) is 6.25. The second kappa shape index (κ2) is 32.9. The maximum Gasteiger partial charge on any atom is 0.169 e. The highest BCUT2D eigenvalue weighted by Gasteiger charge is 2.17. The van der Waals surface area contributed by atoms with E-state index >= 15 is 0 Å². The number of nitrogens with zero attached hydrogens (tertiary/aromatic N) is 1. The van der Waals surface area contributed by atoms with Gasteiger partial charge in [0.25, 0.3) is 0 Å². The fraction of sp³-hybridized carbons (Fsp3) is 0.868. The van der Waals surface area contributed by atoms with E-state index in [4.69, 9.17) is 0 Å². The molecule has 1 heterocycles. The lowest BCUT2D eigenvalue weighted by molar-refractivity contribution is -0.724. The van der Waals surface area contributed by atoms with Crippen molar-refractivity contribution >= 4 is 0 Å². The molecule has 0 aliphatic heterocycles. The maximum atomic E-state index is 2.50. The first-order valence-electron chi connectivity index (χ1n) is 18.3. The van der Waals surface area contributed by atoms with Crippen LogP contribution in [0.5, 0.6) is 0 Å². The van der Waals surface area contributed by atoms with Gasteiger partial charge >= 0.3 is 0 Å². The number of rotatable bonds is 31. The van der Waals surface area contributed by atoms with E-state index in [9.17, 15) is 0 Å². The van der Waals surface area contributed by atoms with Gasteiger partial charge in [0, 0.05) is 25.0 Å². The van der Waals surface area contributed by atoms with Crippen LogP contribution in [0.1, 0.15) is 213 Å². The van der Waals surface area contributed by atoms with Crippen molar-refractivity contribution in [2.75, 3.05) is 0 Å². The number of aromatic nitrogens is 1. The van der Waals surface area contributed by atoms with Crippen LogP contribution < -0.4 is 17.0 Å². The van der Waals surface area contributed by atoms with Crippen molar-refractivity contribution in [2.45, 2.75) is 213 Å². The van der Waals surface area contributed by atoms with Crippen LogP contribution in [0.4, 0.5) is 0 Å². The average Bonchev–Trinajstić information content (AvgIpc) is 2.96. The van der Waals surface area contributed by atoms with E-state index in [0.717, 1.165) is 0 Å². The number of hydrogen-bond donors (Lipinski definition) is 0. The molecule has 0 radical (unpaired) electrons. The van der Waals surface area contributed by atoms with E-state index in [0.29, 0.717) is 6.04 Å². The molecule has 0 amide bonds. The van der Waals surface area contributed by atoms with Gasteiger partial charge in [0.15, 0.2) is 18.4 Å². The molecule has 0 saturated heterocycles. The highest BCUT2D eigenvalue weighted by molar-refractivity contribution is 4.84. The summed E-state index contributed by atoms with van der Waals surface area (Å²) in [7, 11) is 0. The Morgan fingerprint density at radius 3 is 0.875 bits per heavy atom. The Morgan fingerprint density at radius 1 is 0.350 bits per heavy atom. The standard InChI is InChI=1S/C38H72N.ClH/c1-3-5-7-9-11-13-15-17-19-21-23-25-27-30-34-38(39-36-32-29-33-37-39)35-31-28-26-24-22-20-18-16-14-12-10-8-6-4-2;/h29,32-33,36-38H,3-28,30-31,34-35H2,1-2H3;1H/q+1;/p-1. The summed E-state index contributed by atoms with van der Waals surface area (Å²) in [6.45, 7) is 4.62. The Hall–Kier alpha value is -0.560. The second-order valence-corrected chi connectivity index (χ2v) is 12.7. The molecule has 0 aliphatic rings. The Balaban J connectivity index is 0.0000152. The summed E-state index contributed by atoms with van der Waals surface area (Å²) in [6.07, 6.45) is 47.9. The lowest BCUT2D eigenvalue weighted by atomic mass is 9.99. The molecule has 0 N–H and O–H groups in total. The number of unbranched alkanes of at least 4 members (excludes halogenated alkanes) is 26. The summed E-state index contributed by atoms with van der Waals surface area (Å²) < 4.78 is 2.50. The van der Waals surface area contributed by atoms with Crippen LogP contribution in [0.15, 0.2) is 30.6 Å². The predicted octanol–water partition coefficient (Wildman–Crippen LogP) is 10.3. The van der Waals surface area contributed by atoms with Gasteiger partial charge in [-0.1, -0.05) is 187 Å². The molecule has 0 saturated carbocycles. The summed E-state index contributed by atoms with van der Waals surface area (Å²) in [4.78, 5) is 0. The molecule has 1 aromatic rings. The normalized spacial score (nSPS) is 11.3. The quantitative estimate of drug-likeness (QED) is 0.0610. The minimum absolute atomic E-state index is 0. The van der Waals surface area contributed by atoms with Crippen molar-refractivity contribution in [2.24, 2.45) is 0 Å². The molecular weight excluding hydrogens is 506 g/mol. The van der Waals surface area contributed by atoms with Gasteiger partial charge in [-0.2, -0.15) is 0 Å². The zero-order valence-corrected chi connectivity index (χ0v) is 28.3. The fourth-order valence-electron chi connectivity index (χ4n) is 6.25. The molecule has 236 valence electrons. The van der Waals surface area contributed by atoms with Crippen molar-refractivity contribution < 1.29 is 17.0 Å². The summed E-state index contributed by atoms with van der Waals surface area (Å²) in [5.41, 5.74) is 0. The zero-order chi connectivity index (χ0) is 27.9. The van der Waals surface area contributed by atoms with Crippen molar-refractivity contribution in [1.29, 1.82) is 0 Å². The smallest absolute Gasteiger partial charge is 0.169 e. The minimum atomic E-state index is 0. The monoisotopic (exact) mass is 578 g/mol. The SMILES string of the molecule is CCCCCCCCCCCCCCCCC(CCCCCCCCCCCCCCCC)[n+]1ccccc1.[Cl-]. The first kappa shape index (κ1) is 39.4. The summed E-state index contributed by atoms with van der Waals surface area (Å²) in [5.74, 6) is 0. The van der Waals surface area contributed by atoms with E-state index in [1.807, 2.05) is 0 Å². The molecule has 0 bridgehead atoms. The molecule has 1 aromatic heterocycles. The van der Waals surface area contributed by atoms with Crippen molar-refractivity contribution in [1.82, 2.24) is 0 Å². The van der Waals surface area contributed by atoms with Crippen LogP contribution >= 0.6 is 0 Å². The van der Waals surface area contributed by atoms with E-state index in [1.54, 1.807) is 0 Å². The number of pyridine rings is 1. The van der Waals surface area contributed by atoms with Gasteiger partial charge < -0.3 is 12.4 Å². The van der Waals surface area contributed by atoms with Gasteiger partial charge in [-0.05, 0) is 12.8 Å². The Labute approximate surface area is 259 Å². The second-order valence-electron chi connectivity index (χ2n) is 12.7. The lowest BCUT2D eigenvalue weighted by Crippen LogP contribution is -3.00. The topological polar surface area (TPSA) is 3.88 Å². The van der Waals surface area contributed by atoms with Crippen LogP contribution in [0, 0.1) is 0 Å². The van der Waals surface area contributed by atoms with Gasteiger partial charge in [-0.25, -0.2) is 4.57 Å². The van der Waals surface area contributed by atoms with Gasteiger partial charge in [0.1, 0.15) is 0 Å². The first-order chi connectivity index (χ1) is 19.4.